The van der Waals surface area contributed by atoms with Crippen LogP contribution in [0.5, 0.6) is 5.75 Å². The Morgan fingerprint density at radius 3 is 2.61 bits per heavy atom. The minimum Gasteiger partial charge on any atom is -0.489 e. The first kappa shape index (κ1) is 22.9. The Hall–Kier alpha value is -3.32. The highest BCUT2D eigenvalue weighted by Gasteiger charge is 2.25. The summed E-state index contributed by atoms with van der Waals surface area (Å²) in [6, 6.07) is 11.2. The summed E-state index contributed by atoms with van der Waals surface area (Å²) in [6.45, 7) is 7.53. The van der Waals surface area contributed by atoms with Crippen LogP contribution in [0.25, 0.3) is 33.7 Å². The molecule has 0 fully saturated rings. The van der Waals surface area contributed by atoms with Gasteiger partial charge in [-0.1, -0.05) is 42.7 Å². The molecule has 8 heteroatoms. The van der Waals surface area contributed by atoms with E-state index in [4.69, 9.17) is 20.9 Å². The van der Waals surface area contributed by atoms with Crippen LogP contribution in [-0.4, -0.2) is 31.9 Å². The molecule has 172 valence electrons. The van der Waals surface area contributed by atoms with Crippen molar-refractivity contribution in [3.63, 3.8) is 0 Å². The average Bonchev–Trinajstić information content (AvgIpc) is 3.39. The van der Waals surface area contributed by atoms with Gasteiger partial charge < -0.3 is 18.9 Å². The third kappa shape index (κ3) is 4.33. The molecule has 0 saturated heterocycles. The molecule has 33 heavy (non-hydrogen) atoms. The molecule has 2 heterocycles. The van der Waals surface area contributed by atoms with E-state index in [1.54, 1.807) is 19.1 Å². The molecule has 0 amide bonds. The number of carboxylic acid groups (broad SMARTS) is 1. The minimum absolute atomic E-state index is 0.0141. The van der Waals surface area contributed by atoms with Gasteiger partial charge in [-0.3, -0.25) is 4.79 Å². The van der Waals surface area contributed by atoms with Crippen LogP contribution in [-0.2, 0) is 11.8 Å². The smallest absolute Gasteiger partial charge is 0.306 e. The Morgan fingerprint density at radius 2 is 1.94 bits per heavy atom. The molecule has 2 aromatic carbocycles. The van der Waals surface area contributed by atoms with E-state index in [2.05, 4.69) is 10.1 Å². The van der Waals surface area contributed by atoms with E-state index < -0.39 is 11.9 Å². The number of aromatic nitrogens is 3. The molecule has 4 rings (SSSR count). The summed E-state index contributed by atoms with van der Waals surface area (Å²) < 4.78 is 13.2. The van der Waals surface area contributed by atoms with Gasteiger partial charge in [-0.05, 0) is 49.6 Å². The molecule has 0 aliphatic heterocycles. The second kappa shape index (κ2) is 8.90. The highest BCUT2D eigenvalue weighted by Crippen LogP contribution is 2.37. The van der Waals surface area contributed by atoms with E-state index in [1.807, 2.05) is 62.8 Å². The summed E-state index contributed by atoms with van der Waals surface area (Å²) in [5.41, 5.74) is 3.39. The molecule has 0 aliphatic rings. The lowest BCUT2D eigenvalue weighted by molar-refractivity contribution is -0.141. The number of para-hydroxylation sites is 1. The van der Waals surface area contributed by atoms with E-state index in [0.29, 0.717) is 28.1 Å². The summed E-state index contributed by atoms with van der Waals surface area (Å²) in [5, 5.41) is 15.1. The van der Waals surface area contributed by atoms with Crippen molar-refractivity contribution in [3.8, 4) is 28.6 Å². The summed E-state index contributed by atoms with van der Waals surface area (Å²) in [7, 11) is 1.93. The summed E-state index contributed by atoms with van der Waals surface area (Å²) in [5.74, 6) is -0.0921. The SMILES string of the molecule is CC(C)Oc1ccc(-c2nc(-c3cccc4c(C(C)[C@@H](C)C(=O)O)cn(C)c34)no2)cc1Cl. The van der Waals surface area contributed by atoms with Gasteiger partial charge in [-0.25, -0.2) is 0 Å². The zero-order chi connectivity index (χ0) is 23.9. The normalized spacial score (nSPS) is 13.4. The third-order valence-corrected chi connectivity index (χ3v) is 6.17. The number of hydrogen-bond donors (Lipinski definition) is 1. The van der Waals surface area contributed by atoms with Crippen molar-refractivity contribution >= 4 is 28.5 Å². The number of benzene rings is 2. The molecule has 0 radical (unpaired) electrons. The lowest BCUT2D eigenvalue weighted by Gasteiger charge is -2.15. The number of nitrogens with zero attached hydrogens (tertiary/aromatic N) is 3. The first-order valence-corrected chi connectivity index (χ1v) is 11.2. The molecular weight excluding hydrogens is 442 g/mol. The molecule has 7 nitrogen and oxygen atoms in total. The average molecular weight is 468 g/mol. The van der Waals surface area contributed by atoms with Crippen LogP contribution in [0.15, 0.2) is 47.1 Å². The zero-order valence-electron chi connectivity index (χ0n) is 19.2. The van der Waals surface area contributed by atoms with Crippen molar-refractivity contribution in [2.75, 3.05) is 0 Å². The largest absolute Gasteiger partial charge is 0.489 e. The Bertz CT molecular complexity index is 1320. The lowest BCUT2D eigenvalue weighted by atomic mass is 9.88. The first-order chi connectivity index (χ1) is 15.7. The lowest BCUT2D eigenvalue weighted by Crippen LogP contribution is -2.16. The Balaban J connectivity index is 1.73. The predicted molar refractivity (Wildman–Crippen MR) is 128 cm³/mol. The fourth-order valence-electron chi connectivity index (χ4n) is 3.96. The molecule has 0 spiro atoms. The van der Waals surface area contributed by atoms with Crippen molar-refractivity contribution in [2.45, 2.75) is 39.7 Å². The van der Waals surface area contributed by atoms with Crippen LogP contribution in [0.3, 0.4) is 0 Å². The van der Waals surface area contributed by atoms with Crippen molar-refractivity contribution in [2.24, 2.45) is 13.0 Å². The van der Waals surface area contributed by atoms with E-state index in [0.717, 1.165) is 22.0 Å². The molecule has 2 aromatic heterocycles. The van der Waals surface area contributed by atoms with Crippen molar-refractivity contribution in [1.29, 1.82) is 0 Å². The highest BCUT2D eigenvalue weighted by atomic mass is 35.5. The van der Waals surface area contributed by atoms with Gasteiger partial charge in [-0.2, -0.15) is 4.98 Å². The summed E-state index contributed by atoms with van der Waals surface area (Å²) in [4.78, 5) is 16.1. The van der Waals surface area contributed by atoms with Crippen molar-refractivity contribution < 1.29 is 19.2 Å². The van der Waals surface area contributed by atoms with Crippen molar-refractivity contribution in [1.82, 2.24) is 14.7 Å². The maximum Gasteiger partial charge on any atom is 0.306 e. The Kier molecular flexibility index (Phi) is 6.17. The highest BCUT2D eigenvalue weighted by molar-refractivity contribution is 6.32. The molecule has 0 bridgehead atoms. The van der Waals surface area contributed by atoms with E-state index in [9.17, 15) is 9.90 Å². The fourth-order valence-corrected chi connectivity index (χ4v) is 4.18. The summed E-state index contributed by atoms with van der Waals surface area (Å²) in [6.07, 6.45) is 1.99. The number of aliphatic carboxylic acids is 1. The Labute approximate surface area is 196 Å². The topological polar surface area (TPSA) is 90.4 Å². The van der Waals surface area contributed by atoms with E-state index in [-0.39, 0.29) is 12.0 Å². The number of carbonyl (C=O) groups is 1. The molecular formula is C25H26ClN3O4. The quantitative estimate of drug-likeness (QED) is 0.350. The maximum atomic E-state index is 11.5. The minimum atomic E-state index is -0.818. The van der Waals surface area contributed by atoms with Gasteiger partial charge in [0.25, 0.3) is 5.89 Å². The number of aryl methyl sites for hydroxylation is 1. The molecule has 1 N–H and O–H groups in total. The number of hydrogen-bond acceptors (Lipinski definition) is 5. The third-order valence-electron chi connectivity index (χ3n) is 5.87. The molecule has 2 atom stereocenters. The van der Waals surface area contributed by atoms with Crippen LogP contribution < -0.4 is 4.74 Å². The van der Waals surface area contributed by atoms with E-state index in [1.165, 1.54) is 0 Å². The summed E-state index contributed by atoms with van der Waals surface area (Å²) >= 11 is 6.37. The van der Waals surface area contributed by atoms with Crippen LogP contribution in [0.1, 0.15) is 39.2 Å². The molecule has 1 unspecified atom stereocenters. The molecule has 0 saturated carbocycles. The van der Waals surface area contributed by atoms with Gasteiger partial charge in [0.2, 0.25) is 5.82 Å². The maximum absolute atomic E-state index is 11.5. The van der Waals surface area contributed by atoms with Crippen LogP contribution in [0.2, 0.25) is 5.02 Å². The fraction of sp³-hybridized carbons (Fsp3) is 0.320. The van der Waals surface area contributed by atoms with E-state index >= 15 is 0 Å². The number of rotatable bonds is 7. The Morgan fingerprint density at radius 1 is 1.18 bits per heavy atom. The number of carboxylic acids is 1. The van der Waals surface area contributed by atoms with Gasteiger partial charge in [0.1, 0.15) is 5.75 Å². The number of fused-ring (bicyclic) bond motifs is 1. The van der Waals surface area contributed by atoms with Gasteiger partial charge in [0.15, 0.2) is 0 Å². The zero-order valence-corrected chi connectivity index (χ0v) is 19.9. The number of ether oxygens (including phenoxy) is 1. The van der Waals surface area contributed by atoms with Gasteiger partial charge in [0.05, 0.1) is 22.6 Å². The molecule has 0 aliphatic carbocycles. The van der Waals surface area contributed by atoms with Crippen LogP contribution in [0, 0.1) is 5.92 Å². The van der Waals surface area contributed by atoms with Crippen LogP contribution in [0.4, 0.5) is 0 Å². The van der Waals surface area contributed by atoms with Crippen LogP contribution >= 0.6 is 11.6 Å². The molecule has 4 aromatic rings. The van der Waals surface area contributed by atoms with Gasteiger partial charge >= 0.3 is 5.97 Å². The number of halogens is 1. The first-order valence-electron chi connectivity index (χ1n) is 10.8. The predicted octanol–water partition coefficient (Wildman–Crippen LogP) is 6.16. The monoisotopic (exact) mass is 467 g/mol. The van der Waals surface area contributed by atoms with Crippen molar-refractivity contribution in [3.05, 3.63) is 53.2 Å². The second-order valence-electron chi connectivity index (χ2n) is 8.55. The van der Waals surface area contributed by atoms with Gasteiger partial charge in [0, 0.05) is 29.8 Å². The second-order valence-corrected chi connectivity index (χ2v) is 8.95. The van der Waals surface area contributed by atoms with Gasteiger partial charge in [-0.15, -0.1) is 0 Å². The standard InChI is InChI=1S/C25H26ClN3O4/c1-13(2)32-21-10-9-16(11-20(21)26)24-27-23(28-33-24)18-8-6-7-17-19(12-29(5)22(17)18)14(3)15(4)25(30)31/h6-15H,1-5H3,(H,30,31)/t14?,15-/m1/s1.